The fraction of sp³-hybridized carbons (Fsp3) is 0.125. The maximum atomic E-state index is 11.3. The first-order valence-electron chi connectivity index (χ1n) is 3.88. The summed E-state index contributed by atoms with van der Waals surface area (Å²) in [5, 5.41) is 8.49. The van der Waals surface area contributed by atoms with Gasteiger partial charge in [-0.3, -0.25) is 0 Å². The Labute approximate surface area is 92.4 Å². The Kier molecular flexibility index (Phi) is 3.86. The summed E-state index contributed by atoms with van der Waals surface area (Å²) in [6, 6.07) is 0. The molecule has 0 radical (unpaired) electrons. The van der Waals surface area contributed by atoms with Gasteiger partial charge in [-0.15, -0.1) is 0 Å². The minimum absolute atomic E-state index is 0.0831. The number of allylic oxidation sites excluding steroid dienone is 4. The molecule has 0 saturated heterocycles. The highest BCUT2D eigenvalue weighted by Crippen LogP contribution is 2.21. The highest BCUT2D eigenvalue weighted by molar-refractivity contribution is 7.97. The van der Waals surface area contributed by atoms with Crippen LogP contribution < -0.4 is 4.89 Å². The van der Waals surface area contributed by atoms with Crippen molar-refractivity contribution in [3.8, 4) is 0 Å². The molecule has 82 valence electrons. The average molecular weight is 246 g/mol. The lowest BCUT2D eigenvalue weighted by molar-refractivity contribution is 0.244. The molecule has 1 aliphatic carbocycles. The zero-order valence-electron chi connectivity index (χ0n) is 7.97. The number of rotatable bonds is 3. The number of nitrogens with zero attached hydrogens (tertiary/aromatic N) is 1. The van der Waals surface area contributed by atoms with Crippen molar-refractivity contribution in [2.75, 3.05) is 6.26 Å². The van der Waals surface area contributed by atoms with Crippen LogP contribution in [0.5, 0.6) is 0 Å². The minimum atomic E-state index is -3.90. The van der Waals surface area contributed by atoms with Crippen molar-refractivity contribution < 1.29 is 13.6 Å². The van der Waals surface area contributed by atoms with Crippen molar-refractivity contribution in [1.29, 1.82) is 0 Å². The summed E-state index contributed by atoms with van der Waals surface area (Å²) in [4.78, 5) is 1.17. The SMILES string of the molecule is C=C1C(S(=O)(=O)NO)=CC=C/C1=N/SC. The van der Waals surface area contributed by atoms with Crippen molar-refractivity contribution in [2.45, 2.75) is 0 Å². The van der Waals surface area contributed by atoms with Crippen LogP contribution >= 0.6 is 11.9 Å². The van der Waals surface area contributed by atoms with E-state index < -0.39 is 10.0 Å². The largest absolute Gasteiger partial charge is 0.302 e. The normalized spacial score (nSPS) is 19.5. The minimum Gasteiger partial charge on any atom is -0.302 e. The van der Waals surface area contributed by atoms with Gasteiger partial charge in [0.2, 0.25) is 0 Å². The number of sulfonamides is 1. The highest BCUT2D eigenvalue weighted by atomic mass is 32.2. The molecule has 0 heterocycles. The molecule has 0 atom stereocenters. The summed E-state index contributed by atoms with van der Waals surface area (Å²) in [6.45, 7) is 3.62. The second-order valence-electron chi connectivity index (χ2n) is 2.62. The van der Waals surface area contributed by atoms with E-state index in [2.05, 4.69) is 11.0 Å². The Hall–Kier alpha value is -0.890. The lowest BCUT2D eigenvalue weighted by atomic mass is 10.1. The predicted molar refractivity (Wildman–Crippen MR) is 61.2 cm³/mol. The van der Waals surface area contributed by atoms with Crippen molar-refractivity contribution >= 4 is 27.7 Å². The van der Waals surface area contributed by atoms with Crippen LogP contribution in [0.2, 0.25) is 0 Å². The first-order valence-corrected chi connectivity index (χ1v) is 6.54. The number of hydrogen-bond donors (Lipinski definition) is 2. The van der Waals surface area contributed by atoms with Gasteiger partial charge < -0.3 is 5.21 Å². The van der Waals surface area contributed by atoms with Crippen LogP contribution in [0.15, 0.2) is 39.7 Å². The maximum absolute atomic E-state index is 11.3. The van der Waals surface area contributed by atoms with Gasteiger partial charge in [-0.25, -0.2) is 12.8 Å². The third kappa shape index (κ3) is 2.57. The van der Waals surface area contributed by atoms with Crippen LogP contribution in [0.1, 0.15) is 0 Å². The molecule has 15 heavy (non-hydrogen) atoms. The van der Waals surface area contributed by atoms with Gasteiger partial charge in [-0.05, 0) is 24.1 Å². The van der Waals surface area contributed by atoms with Crippen LogP contribution in [-0.4, -0.2) is 25.6 Å². The van der Waals surface area contributed by atoms with E-state index in [0.717, 1.165) is 0 Å². The molecule has 1 aliphatic rings. The smallest absolute Gasteiger partial charge is 0.262 e. The second kappa shape index (κ2) is 4.75. The van der Waals surface area contributed by atoms with Crippen LogP contribution in [0.3, 0.4) is 0 Å². The summed E-state index contributed by atoms with van der Waals surface area (Å²) in [7, 11) is -3.90. The monoisotopic (exact) mass is 246 g/mol. The summed E-state index contributed by atoms with van der Waals surface area (Å²) < 4.78 is 26.7. The zero-order valence-corrected chi connectivity index (χ0v) is 9.60. The lowest BCUT2D eigenvalue weighted by Gasteiger charge is -2.12. The third-order valence-corrected chi connectivity index (χ3v) is 3.29. The van der Waals surface area contributed by atoms with Crippen LogP contribution in [-0.2, 0) is 10.0 Å². The molecule has 0 aromatic rings. The molecule has 0 unspecified atom stereocenters. The molecule has 0 aliphatic heterocycles. The van der Waals surface area contributed by atoms with E-state index in [1.807, 2.05) is 0 Å². The molecule has 0 fully saturated rings. The van der Waals surface area contributed by atoms with Gasteiger partial charge in [0.1, 0.15) is 0 Å². The molecular formula is C8H10N2O3S2. The van der Waals surface area contributed by atoms with E-state index in [1.54, 1.807) is 12.3 Å². The van der Waals surface area contributed by atoms with Crippen molar-refractivity contribution in [3.05, 3.63) is 35.3 Å². The standard InChI is InChI=1S/C8H10N2O3S2/c1-6-7(9-14-2)4-3-5-8(6)15(12,13)10-11/h3-5,10-11H,1H2,2H3/b9-7-. The van der Waals surface area contributed by atoms with Crippen LogP contribution in [0, 0.1) is 0 Å². The molecule has 0 saturated carbocycles. The van der Waals surface area contributed by atoms with Crippen molar-refractivity contribution in [1.82, 2.24) is 4.89 Å². The molecule has 0 aromatic carbocycles. The topological polar surface area (TPSA) is 78.8 Å². The molecule has 0 aromatic heterocycles. The first kappa shape index (κ1) is 12.2. The fourth-order valence-corrected chi connectivity index (χ4v) is 2.19. The lowest BCUT2D eigenvalue weighted by Crippen LogP contribution is -2.24. The Bertz CT molecular complexity index is 460. The summed E-state index contributed by atoms with van der Waals surface area (Å²) in [5.41, 5.74) is 0.729. The van der Waals surface area contributed by atoms with Gasteiger partial charge in [-0.2, -0.15) is 0 Å². The van der Waals surface area contributed by atoms with E-state index in [9.17, 15) is 8.42 Å². The van der Waals surface area contributed by atoms with Gasteiger partial charge in [0.05, 0.1) is 10.6 Å². The Balaban J connectivity index is 3.16. The Morgan fingerprint density at radius 2 is 2.27 bits per heavy atom. The Morgan fingerprint density at radius 1 is 1.60 bits per heavy atom. The molecule has 0 amide bonds. The molecule has 7 heteroatoms. The summed E-state index contributed by atoms with van der Waals surface area (Å²) in [6.07, 6.45) is 6.29. The molecule has 0 spiro atoms. The average Bonchev–Trinajstić information content (AvgIpc) is 2.21. The van der Waals surface area contributed by atoms with Crippen LogP contribution in [0.4, 0.5) is 0 Å². The van der Waals surface area contributed by atoms with Gasteiger partial charge in [0.25, 0.3) is 10.0 Å². The van der Waals surface area contributed by atoms with Gasteiger partial charge in [-0.1, -0.05) is 17.5 Å². The third-order valence-electron chi connectivity index (χ3n) is 1.71. The van der Waals surface area contributed by atoms with E-state index in [1.165, 1.54) is 29.0 Å². The summed E-state index contributed by atoms with van der Waals surface area (Å²) in [5.74, 6) is 0. The van der Waals surface area contributed by atoms with Crippen LogP contribution in [0.25, 0.3) is 0 Å². The van der Waals surface area contributed by atoms with E-state index in [-0.39, 0.29) is 10.5 Å². The second-order valence-corrected chi connectivity index (χ2v) is 4.80. The Morgan fingerprint density at radius 3 is 2.80 bits per heavy atom. The highest BCUT2D eigenvalue weighted by Gasteiger charge is 2.23. The first-order chi connectivity index (χ1) is 7.03. The van der Waals surface area contributed by atoms with Gasteiger partial charge in [0, 0.05) is 11.8 Å². The number of hydrogen-bond acceptors (Lipinski definition) is 5. The van der Waals surface area contributed by atoms with Crippen molar-refractivity contribution in [3.63, 3.8) is 0 Å². The molecule has 2 N–H and O–H groups in total. The zero-order chi connectivity index (χ0) is 11.5. The van der Waals surface area contributed by atoms with E-state index >= 15 is 0 Å². The molecular weight excluding hydrogens is 236 g/mol. The van der Waals surface area contributed by atoms with Gasteiger partial charge >= 0.3 is 0 Å². The molecule has 5 nitrogen and oxygen atoms in total. The fourth-order valence-electron chi connectivity index (χ4n) is 1.04. The van der Waals surface area contributed by atoms with E-state index in [4.69, 9.17) is 5.21 Å². The summed E-state index contributed by atoms with van der Waals surface area (Å²) >= 11 is 1.20. The van der Waals surface area contributed by atoms with E-state index in [0.29, 0.717) is 5.71 Å². The quantitative estimate of drug-likeness (QED) is 0.575. The molecule has 1 rings (SSSR count). The number of nitrogens with one attached hydrogen (secondary N) is 1. The van der Waals surface area contributed by atoms with Gasteiger partial charge in [0.15, 0.2) is 0 Å². The van der Waals surface area contributed by atoms with Crippen molar-refractivity contribution in [2.24, 2.45) is 4.40 Å². The maximum Gasteiger partial charge on any atom is 0.262 e. The molecule has 0 bridgehead atoms. The predicted octanol–water partition coefficient (Wildman–Crippen LogP) is 1.02.